The smallest absolute Gasteiger partial charge is 0.0901 e. The number of carboxylic acids is 1. The van der Waals surface area contributed by atoms with Gasteiger partial charge in [-0.1, -0.05) is 44.8 Å². The van der Waals surface area contributed by atoms with Crippen molar-refractivity contribution in [2.75, 3.05) is 0 Å². The Morgan fingerprint density at radius 1 is 0.905 bits per heavy atom. The summed E-state index contributed by atoms with van der Waals surface area (Å²) in [5.41, 5.74) is 0. The number of hydrogen-bond acceptors (Lipinski definition) is 3. The lowest BCUT2D eigenvalue weighted by Crippen LogP contribution is -2.21. The minimum absolute atomic E-state index is 0.192. The zero-order chi connectivity index (χ0) is 15.6. The van der Waals surface area contributed by atoms with Crippen molar-refractivity contribution < 1.29 is 14.6 Å². The molecule has 0 aliphatic rings. The molecule has 0 rings (SSSR count). The maximum absolute atomic E-state index is 10.2. The minimum Gasteiger partial charge on any atom is -0.550 e. The highest BCUT2D eigenvalue weighted by atomic mass is 16.5. The van der Waals surface area contributed by atoms with Crippen LogP contribution in [0.25, 0.3) is 0 Å². The van der Waals surface area contributed by atoms with E-state index in [0.717, 1.165) is 44.9 Å². The lowest BCUT2D eigenvalue weighted by molar-refractivity contribution is -0.305. The SMILES string of the molecule is CCCC/C=C/O/C=C/C=C\CCCCCCCC(=O)[O-]. The molecule has 0 aromatic rings. The molecule has 0 spiro atoms. The quantitative estimate of drug-likeness (QED) is 0.273. The second-order valence-corrected chi connectivity index (χ2v) is 5.09. The fraction of sp³-hybridized carbons (Fsp3) is 0.611. The molecule has 0 aliphatic carbocycles. The Kier molecular flexibility index (Phi) is 15.4. The zero-order valence-corrected chi connectivity index (χ0v) is 13.3. The summed E-state index contributed by atoms with van der Waals surface area (Å²) in [6, 6.07) is 0. The van der Waals surface area contributed by atoms with Crippen LogP contribution in [0.2, 0.25) is 0 Å². The number of ether oxygens (including phenoxy) is 1. The summed E-state index contributed by atoms with van der Waals surface area (Å²) < 4.78 is 5.21. The van der Waals surface area contributed by atoms with Gasteiger partial charge in [-0.05, 0) is 50.7 Å². The van der Waals surface area contributed by atoms with Crippen LogP contribution >= 0.6 is 0 Å². The van der Waals surface area contributed by atoms with E-state index in [9.17, 15) is 9.90 Å². The zero-order valence-electron chi connectivity index (χ0n) is 13.3. The first kappa shape index (κ1) is 19.5. The summed E-state index contributed by atoms with van der Waals surface area (Å²) in [5.74, 6) is -0.938. The van der Waals surface area contributed by atoms with Crippen LogP contribution in [0.15, 0.2) is 36.8 Å². The van der Waals surface area contributed by atoms with Gasteiger partial charge < -0.3 is 14.6 Å². The molecule has 0 aromatic heterocycles. The van der Waals surface area contributed by atoms with Crippen LogP contribution in [0.1, 0.15) is 71.1 Å². The Balaban J connectivity index is 3.28. The van der Waals surface area contributed by atoms with Crippen LogP contribution in [-0.4, -0.2) is 5.97 Å². The molecule has 120 valence electrons. The number of carboxylic acid groups (broad SMARTS) is 1. The topological polar surface area (TPSA) is 49.4 Å². The van der Waals surface area contributed by atoms with Crippen LogP contribution in [-0.2, 0) is 9.53 Å². The predicted octanol–water partition coefficient (Wildman–Crippen LogP) is 4.26. The number of carbonyl (C=O) groups excluding carboxylic acids is 1. The predicted molar refractivity (Wildman–Crippen MR) is 85.4 cm³/mol. The fourth-order valence-corrected chi connectivity index (χ4v) is 1.82. The van der Waals surface area contributed by atoms with Crippen molar-refractivity contribution >= 4 is 5.97 Å². The van der Waals surface area contributed by atoms with Gasteiger partial charge in [-0.3, -0.25) is 0 Å². The standard InChI is InChI=1S/C18H30O3/c1-2-3-4-13-16-21-17-14-11-9-7-5-6-8-10-12-15-18(19)20/h9,11,13-14,16-17H,2-8,10,12,15H2,1H3,(H,19,20)/p-1/b11-9-,16-13+,17-14+. The van der Waals surface area contributed by atoms with E-state index in [1.165, 1.54) is 12.8 Å². The Hall–Kier alpha value is -1.51. The van der Waals surface area contributed by atoms with Gasteiger partial charge in [-0.15, -0.1) is 0 Å². The first-order valence-corrected chi connectivity index (χ1v) is 8.09. The van der Waals surface area contributed by atoms with E-state index in [1.54, 1.807) is 12.5 Å². The molecular formula is C18H29O3-. The van der Waals surface area contributed by atoms with Gasteiger partial charge in [0.1, 0.15) is 0 Å². The molecule has 0 bridgehead atoms. The number of allylic oxidation sites excluding steroid dienone is 4. The first-order chi connectivity index (χ1) is 10.3. The number of unbranched alkanes of at least 4 members (excludes halogenated alkanes) is 7. The molecule has 0 aliphatic heterocycles. The molecule has 0 amide bonds. The highest BCUT2D eigenvalue weighted by Gasteiger charge is 1.90. The fourth-order valence-electron chi connectivity index (χ4n) is 1.82. The summed E-state index contributed by atoms with van der Waals surface area (Å²) in [6.07, 6.45) is 21.3. The summed E-state index contributed by atoms with van der Waals surface area (Å²) >= 11 is 0. The molecule has 0 atom stereocenters. The second-order valence-electron chi connectivity index (χ2n) is 5.09. The molecule has 0 aromatic carbocycles. The van der Waals surface area contributed by atoms with Crippen LogP contribution < -0.4 is 5.11 Å². The van der Waals surface area contributed by atoms with E-state index in [-0.39, 0.29) is 6.42 Å². The summed E-state index contributed by atoms with van der Waals surface area (Å²) in [4.78, 5) is 10.2. The molecular weight excluding hydrogens is 264 g/mol. The van der Waals surface area contributed by atoms with E-state index >= 15 is 0 Å². The maximum Gasteiger partial charge on any atom is 0.0901 e. The average Bonchev–Trinajstić information content (AvgIpc) is 2.46. The molecule has 0 saturated carbocycles. The molecule has 0 N–H and O–H groups in total. The van der Waals surface area contributed by atoms with Crippen molar-refractivity contribution in [3.05, 3.63) is 36.8 Å². The van der Waals surface area contributed by atoms with Crippen molar-refractivity contribution in [3.8, 4) is 0 Å². The first-order valence-electron chi connectivity index (χ1n) is 8.09. The van der Waals surface area contributed by atoms with E-state index < -0.39 is 5.97 Å². The van der Waals surface area contributed by atoms with Gasteiger partial charge in [0.15, 0.2) is 0 Å². The third-order valence-corrected chi connectivity index (χ3v) is 3.06. The Labute approximate surface area is 129 Å². The van der Waals surface area contributed by atoms with E-state index in [4.69, 9.17) is 4.74 Å². The number of hydrogen-bond donors (Lipinski definition) is 0. The molecule has 0 unspecified atom stereocenters. The largest absolute Gasteiger partial charge is 0.550 e. The van der Waals surface area contributed by atoms with Gasteiger partial charge in [-0.2, -0.15) is 0 Å². The molecule has 0 heterocycles. The second kappa shape index (κ2) is 16.5. The van der Waals surface area contributed by atoms with E-state index in [2.05, 4.69) is 13.0 Å². The Bertz CT molecular complexity index is 316. The molecule has 0 fully saturated rings. The van der Waals surface area contributed by atoms with Crippen LogP contribution in [0, 0.1) is 0 Å². The normalized spacial score (nSPS) is 11.9. The lowest BCUT2D eigenvalue weighted by Gasteiger charge is -2.01. The lowest BCUT2D eigenvalue weighted by atomic mass is 10.1. The monoisotopic (exact) mass is 293 g/mol. The van der Waals surface area contributed by atoms with Crippen molar-refractivity contribution in [2.45, 2.75) is 71.1 Å². The van der Waals surface area contributed by atoms with Gasteiger partial charge >= 0.3 is 0 Å². The van der Waals surface area contributed by atoms with E-state index in [1.807, 2.05) is 18.2 Å². The van der Waals surface area contributed by atoms with Crippen molar-refractivity contribution in [3.63, 3.8) is 0 Å². The summed E-state index contributed by atoms with van der Waals surface area (Å²) in [7, 11) is 0. The van der Waals surface area contributed by atoms with Crippen LogP contribution in [0.5, 0.6) is 0 Å². The van der Waals surface area contributed by atoms with Gasteiger partial charge in [0, 0.05) is 5.97 Å². The summed E-state index contributed by atoms with van der Waals surface area (Å²) in [6.45, 7) is 2.17. The van der Waals surface area contributed by atoms with Gasteiger partial charge in [0.2, 0.25) is 0 Å². The highest BCUT2D eigenvalue weighted by molar-refractivity contribution is 5.63. The molecule has 3 heteroatoms. The van der Waals surface area contributed by atoms with Gasteiger partial charge in [0.25, 0.3) is 0 Å². The highest BCUT2D eigenvalue weighted by Crippen LogP contribution is 2.07. The minimum atomic E-state index is -0.938. The number of rotatable bonds is 14. The Morgan fingerprint density at radius 3 is 2.38 bits per heavy atom. The maximum atomic E-state index is 10.2. The van der Waals surface area contributed by atoms with Gasteiger partial charge in [-0.25, -0.2) is 0 Å². The molecule has 0 radical (unpaired) electrons. The molecule has 3 nitrogen and oxygen atoms in total. The molecule has 0 saturated heterocycles. The average molecular weight is 293 g/mol. The van der Waals surface area contributed by atoms with Crippen molar-refractivity contribution in [2.24, 2.45) is 0 Å². The third-order valence-electron chi connectivity index (χ3n) is 3.06. The number of aliphatic carboxylic acids is 1. The van der Waals surface area contributed by atoms with Crippen molar-refractivity contribution in [1.82, 2.24) is 0 Å². The van der Waals surface area contributed by atoms with Gasteiger partial charge in [0.05, 0.1) is 12.5 Å². The number of carbonyl (C=O) groups is 1. The third kappa shape index (κ3) is 18.5. The van der Waals surface area contributed by atoms with Crippen molar-refractivity contribution in [1.29, 1.82) is 0 Å². The van der Waals surface area contributed by atoms with E-state index in [0.29, 0.717) is 0 Å². The summed E-state index contributed by atoms with van der Waals surface area (Å²) in [5, 5.41) is 10.2. The van der Waals surface area contributed by atoms with Crippen LogP contribution in [0.4, 0.5) is 0 Å². The van der Waals surface area contributed by atoms with Crippen LogP contribution in [0.3, 0.4) is 0 Å². The molecule has 21 heavy (non-hydrogen) atoms. The Morgan fingerprint density at radius 2 is 1.62 bits per heavy atom.